The number of alkyl halides is 13. The first kappa shape index (κ1) is 32.4. The number of benzene rings is 2. The molecule has 0 saturated carbocycles. The summed E-state index contributed by atoms with van der Waals surface area (Å²) >= 11 is 3.05. The standard InChI is InChI=1S/C20H11BrF13NO4/c1-37-13-6-5-10(21)8-12(13)14(36)35-11-4-2-3-9(7-11)15(22,23)17(26,27)38-18(28,29)16(24,25)19(30,31)39-20(32,33)34/h2-8H,1H3,(H,35,36). The maximum atomic E-state index is 14.4. The molecule has 2 aromatic carbocycles. The summed E-state index contributed by atoms with van der Waals surface area (Å²) in [7, 11) is 1.16. The van der Waals surface area contributed by atoms with E-state index in [4.69, 9.17) is 4.74 Å². The van der Waals surface area contributed by atoms with Gasteiger partial charge in [0.1, 0.15) is 5.75 Å². The average molecular weight is 656 g/mol. The van der Waals surface area contributed by atoms with Crippen LogP contribution in [0.1, 0.15) is 15.9 Å². The topological polar surface area (TPSA) is 56.8 Å². The fourth-order valence-electron chi connectivity index (χ4n) is 2.68. The van der Waals surface area contributed by atoms with Crippen molar-refractivity contribution in [3.63, 3.8) is 0 Å². The average Bonchev–Trinajstić information content (AvgIpc) is 2.76. The molecule has 0 bridgehead atoms. The van der Waals surface area contributed by atoms with Crippen LogP contribution in [0.25, 0.3) is 0 Å². The number of methoxy groups -OCH3 is 1. The van der Waals surface area contributed by atoms with E-state index in [1.54, 1.807) is 4.74 Å². The summed E-state index contributed by atoms with van der Waals surface area (Å²) in [6.45, 7) is 0. The molecule has 0 fully saturated rings. The van der Waals surface area contributed by atoms with Crippen LogP contribution in [0.4, 0.5) is 62.8 Å². The number of amides is 1. The molecule has 0 aliphatic carbocycles. The van der Waals surface area contributed by atoms with E-state index in [1.807, 2.05) is 10.1 Å². The third-order valence-corrected chi connectivity index (χ3v) is 4.98. The molecular formula is C20H11BrF13NO4. The van der Waals surface area contributed by atoms with Gasteiger partial charge in [-0.15, -0.1) is 13.2 Å². The van der Waals surface area contributed by atoms with E-state index in [9.17, 15) is 61.9 Å². The van der Waals surface area contributed by atoms with Gasteiger partial charge < -0.3 is 10.1 Å². The van der Waals surface area contributed by atoms with Crippen molar-refractivity contribution in [1.82, 2.24) is 0 Å². The smallest absolute Gasteiger partial charge is 0.496 e. The minimum absolute atomic E-state index is 0.0356. The van der Waals surface area contributed by atoms with Crippen LogP contribution in [0.3, 0.4) is 0 Å². The second kappa shape index (κ2) is 10.6. The second-order valence-corrected chi connectivity index (χ2v) is 8.14. The molecule has 0 spiro atoms. The second-order valence-electron chi connectivity index (χ2n) is 7.23. The maximum Gasteiger partial charge on any atom is 0.527 e. The van der Waals surface area contributed by atoms with Crippen molar-refractivity contribution < 1.29 is 76.1 Å². The Kier molecular flexibility index (Phi) is 8.84. The van der Waals surface area contributed by atoms with Crippen LogP contribution < -0.4 is 10.1 Å². The highest BCUT2D eigenvalue weighted by molar-refractivity contribution is 9.10. The van der Waals surface area contributed by atoms with Crippen LogP contribution in [-0.4, -0.2) is 43.6 Å². The summed E-state index contributed by atoms with van der Waals surface area (Å²) in [6.07, 6.45) is -28.0. The lowest BCUT2D eigenvalue weighted by molar-refractivity contribution is -0.535. The molecule has 0 saturated heterocycles. The monoisotopic (exact) mass is 655 g/mol. The van der Waals surface area contributed by atoms with Gasteiger partial charge in [-0.3, -0.25) is 4.79 Å². The predicted molar refractivity (Wildman–Crippen MR) is 107 cm³/mol. The zero-order chi connectivity index (χ0) is 30.2. The molecule has 1 N–H and O–H groups in total. The van der Waals surface area contributed by atoms with Gasteiger partial charge in [-0.2, -0.15) is 43.9 Å². The molecule has 0 aromatic heterocycles. The highest BCUT2D eigenvalue weighted by Gasteiger charge is 2.80. The Morgan fingerprint density at radius 1 is 0.769 bits per heavy atom. The molecule has 0 aliphatic rings. The number of hydrogen-bond acceptors (Lipinski definition) is 4. The highest BCUT2D eigenvalue weighted by atomic mass is 79.9. The number of halogens is 14. The maximum absolute atomic E-state index is 14.4. The van der Waals surface area contributed by atoms with Gasteiger partial charge in [-0.25, -0.2) is 9.47 Å². The normalized spacial score (nSPS) is 13.8. The molecule has 0 radical (unpaired) electrons. The van der Waals surface area contributed by atoms with Gasteiger partial charge in [0.15, 0.2) is 0 Å². The minimum Gasteiger partial charge on any atom is -0.496 e. The van der Waals surface area contributed by atoms with Gasteiger partial charge in [-0.1, -0.05) is 28.1 Å². The third kappa shape index (κ3) is 6.86. The van der Waals surface area contributed by atoms with Crippen molar-refractivity contribution in [3.05, 3.63) is 58.1 Å². The van der Waals surface area contributed by atoms with E-state index >= 15 is 0 Å². The van der Waals surface area contributed by atoms with E-state index in [0.717, 1.165) is 13.2 Å². The summed E-state index contributed by atoms with van der Waals surface area (Å²) in [5.41, 5.74) is -2.86. The van der Waals surface area contributed by atoms with Crippen molar-refractivity contribution in [2.75, 3.05) is 12.4 Å². The van der Waals surface area contributed by atoms with Gasteiger partial charge in [0.05, 0.1) is 12.7 Å². The third-order valence-electron chi connectivity index (χ3n) is 4.49. The van der Waals surface area contributed by atoms with Crippen LogP contribution in [0.2, 0.25) is 0 Å². The molecule has 0 heterocycles. The summed E-state index contributed by atoms with van der Waals surface area (Å²) < 4.78 is 182. The first-order chi connectivity index (χ1) is 17.5. The van der Waals surface area contributed by atoms with E-state index in [0.29, 0.717) is 10.5 Å². The van der Waals surface area contributed by atoms with E-state index in [-0.39, 0.29) is 23.4 Å². The molecule has 39 heavy (non-hydrogen) atoms. The summed E-state index contributed by atoms with van der Waals surface area (Å²) in [6, 6.07) is 5.57. The number of rotatable bonds is 10. The van der Waals surface area contributed by atoms with Crippen molar-refractivity contribution in [3.8, 4) is 5.75 Å². The van der Waals surface area contributed by atoms with Gasteiger partial charge in [0.2, 0.25) is 0 Å². The summed E-state index contributed by atoms with van der Waals surface area (Å²) in [4.78, 5) is 12.5. The summed E-state index contributed by atoms with van der Waals surface area (Å²) in [5.74, 6) is -14.6. The van der Waals surface area contributed by atoms with Gasteiger partial charge >= 0.3 is 36.5 Å². The SMILES string of the molecule is COc1ccc(Br)cc1C(=O)Nc1cccc(C(F)(F)C(F)(F)OC(F)(F)C(F)(F)C(F)(F)OC(F)(F)F)c1. The van der Waals surface area contributed by atoms with Crippen molar-refractivity contribution in [2.24, 2.45) is 0 Å². The molecule has 0 unspecified atom stereocenters. The van der Waals surface area contributed by atoms with Crippen molar-refractivity contribution in [1.29, 1.82) is 0 Å². The van der Waals surface area contributed by atoms with Crippen LogP contribution in [0.5, 0.6) is 5.75 Å². The van der Waals surface area contributed by atoms with E-state index in [1.165, 1.54) is 18.2 Å². The lowest BCUT2D eigenvalue weighted by atomic mass is 10.1. The van der Waals surface area contributed by atoms with Gasteiger partial charge in [0.25, 0.3) is 5.91 Å². The quantitative estimate of drug-likeness (QED) is 0.266. The molecular weight excluding hydrogens is 645 g/mol. The van der Waals surface area contributed by atoms with Crippen LogP contribution >= 0.6 is 15.9 Å². The first-order valence-electron chi connectivity index (χ1n) is 9.59. The largest absolute Gasteiger partial charge is 0.527 e. The molecule has 218 valence electrons. The number of ether oxygens (including phenoxy) is 3. The Bertz CT molecular complexity index is 1200. The minimum atomic E-state index is -7.53. The molecule has 0 atom stereocenters. The molecule has 0 aliphatic heterocycles. The van der Waals surface area contributed by atoms with Crippen LogP contribution in [0.15, 0.2) is 46.9 Å². The number of carbonyl (C=O) groups excluding carboxylic acids is 1. The van der Waals surface area contributed by atoms with Crippen molar-refractivity contribution in [2.45, 2.75) is 36.5 Å². The number of anilines is 1. The lowest BCUT2D eigenvalue weighted by Crippen LogP contribution is -2.61. The number of nitrogens with one attached hydrogen (secondary N) is 1. The van der Waals surface area contributed by atoms with Crippen LogP contribution in [-0.2, 0) is 15.4 Å². The Labute approximate surface area is 216 Å². The van der Waals surface area contributed by atoms with Gasteiger partial charge in [0, 0.05) is 15.7 Å². The fourth-order valence-corrected chi connectivity index (χ4v) is 3.05. The highest BCUT2D eigenvalue weighted by Crippen LogP contribution is 2.54. The van der Waals surface area contributed by atoms with E-state index in [2.05, 4.69) is 15.9 Å². The molecule has 2 aromatic rings. The summed E-state index contributed by atoms with van der Waals surface area (Å²) in [5, 5.41) is 1.99. The number of carbonyl (C=O) groups is 1. The molecule has 2 rings (SSSR count). The molecule has 5 nitrogen and oxygen atoms in total. The zero-order valence-electron chi connectivity index (χ0n) is 18.5. The Balaban J connectivity index is 2.37. The van der Waals surface area contributed by atoms with Crippen LogP contribution in [0, 0.1) is 0 Å². The lowest BCUT2D eigenvalue weighted by Gasteiger charge is -2.35. The van der Waals surface area contributed by atoms with E-state index < -0.39 is 53.7 Å². The fraction of sp³-hybridized carbons (Fsp3) is 0.350. The van der Waals surface area contributed by atoms with Crippen molar-refractivity contribution >= 4 is 27.5 Å². The van der Waals surface area contributed by atoms with Gasteiger partial charge in [-0.05, 0) is 30.3 Å². The molecule has 1 amide bonds. The molecule has 19 heteroatoms. The Hall–Kier alpha value is -2.80. The predicted octanol–water partition coefficient (Wildman–Crippen LogP) is 7.77. The number of hydrogen-bond donors (Lipinski definition) is 1. The zero-order valence-corrected chi connectivity index (χ0v) is 20.1. The Morgan fingerprint density at radius 2 is 1.33 bits per heavy atom. The first-order valence-corrected chi connectivity index (χ1v) is 10.4. The Morgan fingerprint density at radius 3 is 1.87 bits per heavy atom.